The van der Waals surface area contributed by atoms with Crippen molar-refractivity contribution in [1.82, 2.24) is 5.32 Å². The van der Waals surface area contributed by atoms with Gasteiger partial charge >= 0.3 is 6.18 Å². The van der Waals surface area contributed by atoms with Crippen LogP contribution in [0.15, 0.2) is 17.5 Å². The monoisotopic (exact) mass is 267 g/mol. The maximum Gasteiger partial charge on any atom is 0.411 e. The Morgan fingerprint density at radius 2 is 2.29 bits per heavy atom. The highest BCUT2D eigenvalue weighted by Crippen LogP contribution is 2.15. The summed E-state index contributed by atoms with van der Waals surface area (Å²) in [5.74, 6) is -0.553. The summed E-state index contributed by atoms with van der Waals surface area (Å²) < 4.78 is 39.9. The Hall–Kier alpha value is -1.08. The number of alkyl halides is 3. The number of rotatable bonds is 5. The molecule has 1 N–H and O–H groups in total. The van der Waals surface area contributed by atoms with Gasteiger partial charge in [-0.3, -0.25) is 4.79 Å². The van der Waals surface area contributed by atoms with Gasteiger partial charge in [0.2, 0.25) is 5.91 Å². The van der Waals surface area contributed by atoms with Crippen LogP contribution in [0.4, 0.5) is 13.2 Å². The number of hydrogen-bond donors (Lipinski definition) is 1. The lowest BCUT2D eigenvalue weighted by Crippen LogP contribution is -2.36. The van der Waals surface area contributed by atoms with E-state index < -0.39 is 24.8 Å². The van der Waals surface area contributed by atoms with Gasteiger partial charge in [-0.05, 0) is 18.4 Å². The molecule has 0 aliphatic heterocycles. The first-order chi connectivity index (χ1) is 7.88. The van der Waals surface area contributed by atoms with Gasteiger partial charge in [-0.15, -0.1) is 11.3 Å². The molecule has 0 bridgehead atoms. The van der Waals surface area contributed by atoms with Crippen LogP contribution in [0.1, 0.15) is 11.8 Å². The van der Waals surface area contributed by atoms with E-state index in [1.807, 2.05) is 17.5 Å². The maximum atomic E-state index is 11.8. The molecule has 1 aromatic heterocycles. The zero-order valence-electron chi connectivity index (χ0n) is 9.08. The fourth-order valence-corrected chi connectivity index (χ4v) is 1.67. The van der Waals surface area contributed by atoms with Gasteiger partial charge in [-0.1, -0.05) is 6.07 Å². The molecule has 1 amide bonds. The molecule has 17 heavy (non-hydrogen) atoms. The van der Waals surface area contributed by atoms with E-state index in [2.05, 4.69) is 10.1 Å². The fourth-order valence-electron chi connectivity index (χ4n) is 1.03. The number of thiophene rings is 1. The van der Waals surface area contributed by atoms with Crippen molar-refractivity contribution in [3.05, 3.63) is 22.4 Å². The van der Waals surface area contributed by atoms with E-state index in [4.69, 9.17) is 0 Å². The molecule has 0 saturated carbocycles. The minimum absolute atomic E-state index is 0.302. The third-order valence-electron chi connectivity index (χ3n) is 1.88. The molecule has 1 aromatic rings. The van der Waals surface area contributed by atoms with Crippen LogP contribution in [0.25, 0.3) is 0 Å². The van der Waals surface area contributed by atoms with Crippen LogP contribution in [0.3, 0.4) is 0 Å². The van der Waals surface area contributed by atoms with Crippen molar-refractivity contribution in [3.8, 4) is 0 Å². The second kappa shape index (κ2) is 6.02. The summed E-state index contributed by atoms with van der Waals surface area (Å²) in [6, 6.07) is 3.65. The molecule has 96 valence electrons. The second-order valence-electron chi connectivity index (χ2n) is 3.37. The number of amides is 1. The minimum atomic E-state index is -4.41. The van der Waals surface area contributed by atoms with Crippen molar-refractivity contribution in [1.29, 1.82) is 0 Å². The number of hydrogen-bond acceptors (Lipinski definition) is 3. The minimum Gasteiger partial charge on any atom is -0.359 e. The third kappa shape index (κ3) is 5.69. The van der Waals surface area contributed by atoms with Crippen molar-refractivity contribution < 1.29 is 22.7 Å². The molecule has 1 heterocycles. The SMILES string of the molecule is C[C@H](OCC(F)(F)F)C(=O)NCc1cccs1. The van der Waals surface area contributed by atoms with Crippen LogP contribution in [0.5, 0.6) is 0 Å². The molecule has 0 aromatic carbocycles. The lowest BCUT2D eigenvalue weighted by atomic mass is 10.3. The zero-order chi connectivity index (χ0) is 12.9. The van der Waals surface area contributed by atoms with Gasteiger partial charge in [0.05, 0.1) is 6.54 Å². The summed E-state index contributed by atoms with van der Waals surface area (Å²) in [4.78, 5) is 12.3. The molecular weight excluding hydrogens is 255 g/mol. The number of halogens is 3. The average Bonchev–Trinajstić information content (AvgIpc) is 2.74. The molecule has 0 saturated heterocycles. The van der Waals surface area contributed by atoms with Gasteiger partial charge in [-0.25, -0.2) is 0 Å². The number of carbonyl (C=O) groups is 1. The highest BCUT2D eigenvalue weighted by Gasteiger charge is 2.29. The highest BCUT2D eigenvalue weighted by molar-refractivity contribution is 7.09. The molecule has 1 atom stereocenters. The smallest absolute Gasteiger partial charge is 0.359 e. The van der Waals surface area contributed by atoms with Gasteiger partial charge in [0.15, 0.2) is 0 Å². The van der Waals surface area contributed by atoms with Gasteiger partial charge in [0.1, 0.15) is 12.7 Å². The average molecular weight is 267 g/mol. The Balaban J connectivity index is 2.27. The molecule has 0 aliphatic carbocycles. The summed E-state index contributed by atoms with van der Waals surface area (Å²) in [6.07, 6.45) is -5.53. The van der Waals surface area contributed by atoms with Crippen molar-refractivity contribution in [2.75, 3.05) is 6.61 Å². The lowest BCUT2D eigenvalue weighted by Gasteiger charge is -2.14. The van der Waals surface area contributed by atoms with Crippen LogP contribution in [0.2, 0.25) is 0 Å². The van der Waals surface area contributed by atoms with E-state index in [9.17, 15) is 18.0 Å². The quantitative estimate of drug-likeness (QED) is 0.889. The van der Waals surface area contributed by atoms with Gasteiger partial charge in [0, 0.05) is 4.88 Å². The maximum absolute atomic E-state index is 11.8. The van der Waals surface area contributed by atoms with Crippen LogP contribution in [-0.2, 0) is 16.1 Å². The predicted molar refractivity (Wildman–Crippen MR) is 57.6 cm³/mol. The van der Waals surface area contributed by atoms with Crippen LogP contribution >= 0.6 is 11.3 Å². The van der Waals surface area contributed by atoms with Gasteiger partial charge in [0.25, 0.3) is 0 Å². The van der Waals surface area contributed by atoms with Crippen molar-refractivity contribution in [3.63, 3.8) is 0 Å². The van der Waals surface area contributed by atoms with E-state index >= 15 is 0 Å². The topological polar surface area (TPSA) is 38.3 Å². The van der Waals surface area contributed by atoms with Crippen LogP contribution < -0.4 is 5.32 Å². The molecule has 7 heteroatoms. The Bertz CT molecular complexity index is 351. The van der Waals surface area contributed by atoms with Crippen molar-refractivity contribution in [2.24, 2.45) is 0 Å². The first kappa shape index (κ1) is 14.0. The molecular formula is C10H12F3NO2S. The fraction of sp³-hybridized carbons (Fsp3) is 0.500. The summed E-state index contributed by atoms with van der Waals surface area (Å²) in [7, 11) is 0. The Morgan fingerprint density at radius 1 is 1.59 bits per heavy atom. The van der Waals surface area contributed by atoms with Crippen molar-refractivity contribution >= 4 is 17.2 Å². The normalized spacial score (nSPS) is 13.4. The molecule has 0 radical (unpaired) electrons. The van der Waals surface area contributed by atoms with E-state index in [0.29, 0.717) is 6.54 Å². The summed E-state index contributed by atoms with van der Waals surface area (Å²) in [5, 5.41) is 4.35. The zero-order valence-corrected chi connectivity index (χ0v) is 9.90. The Labute approximate surface area is 101 Å². The molecule has 0 unspecified atom stereocenters. The number of ether oxygens (including phenoxy) is 1. The van der Waals surface area contributed by atoms with E-state index in [-0.39, 0.29) is 0 Å². The Kier molecular flexibility index (Phi) is 4.95. The third-order valence-corrected chi connectivity index (χ3v) is 2.76. The molecule has 0 spiro atoms. The van der Waals surface area contributed by atoms with Gasteiger partial charge in [-0.2, -0.15) is 13.2 Å². The predicted octanol–water partition coefficient (Wildman–Crippen LogP) is 2.33. The van der Waals surface area contributed by atoms with E-state index in [0.717, 1.165) is 4.88 Å². The standard InChI is InChI=1S/C10H12F3NO2S/c1-7(16-6-10(11,12)13)9(15)14-5-8-3-2-4-17-8/h2-4,7H,5-6H2,1H3,(H,14,15)/t7-/m0/s1. The Morgan fingerprint density at radius 3 is 2.82 bits per heavy atom. The summed E-state index contributed by atoms with van der Waals surface area (Å²) in [6.45, 7) is 0.173. The van der Waals surface area contributed by atoms with Gasteiger partial charge < -0.3 is 10.1 Å². The lowest BCUT2D eigenvalue weighted by molar-refractivity contribution is -0.185. The molecule has 0 fully saturated rings. The summed E-state index contributed by atoms with van der Waals surface area (Å²) >= 11 is 1.46. The molecule has 3 nitrogen and oxygen atoms in total. The molecule has 1 rings (SSSR count). The first-order valence-electron chi connectivity index (χ1n) is 4.87. The second-order valence-corrected chi connectivity index (χ2v) is 4.40. The van der Waals surface area contributed by atoms with E-state index in [1.54, 1.807) is 0 Å². The largest absolute Gasteiger partial charge is 0.411 e. The first-order valence-corrected chi connectivity index (χ1v) is 5.75. The highest BCUT2D eigenvalue weighted by atomic mass is 32.1. The number of carbonyl (C=O) groups excluding carboxylic acids is 1. The van der Waals surface area contributed by atoms with E-state index in [1.165, 1.54) is 18.3 Å². The van der Waals surface area contributed by atoms with Crippen molar-refractivity contribution in [2.45, 2.75) is 25.7 Å². The van der Waals surface area contributed by atoms with Crippen LogP contribution in [0, 0.1) is 0 Å². The number of nitrogens with one attached hydrogen (secondary N) is 1. The summed E-state index contributed by atoms with van der Waals surface area (Å²) in [5.41, 5.74) is 0. The molecule has 0 aliphatic rings. The van der Waals surface area contributed by atoms with Crippen LogP contribution in [-0.4, -0.2) is 24.8 Å².